The van der Waals surface area contributed by atoms with Gasteiger partial charge in [-0.3, -0.25) is 0 Å². The van der Waals surface area contributed by atoms with Crippen LogP contribution < -0.4 is 0 Å². The summed E-state index contributed by atoms with van der Waals surface area (Å²) in [6, 6.07) is 13.2. The first-order chi connectivity index (χ1) is 12.2. The molecule has 0 aliphatic heterocycles. The molecule has 2 aromatic carbocycles. The van der Waals surface area contributed by atoms with Crippen LogP contribution in [-0.4, -0.2) is 5.16 Å². The van der Waals surface area contributed by atoms with Crippen LogP contribution in [0.1, 0.15) is 44.6 Å². The van der Waals surface area contributed by atoms with Crippen molar-refractivity contribution in [3.8, 4) is 11.1 Å². The molecule has 2 aromatic rings. The summed E-state index contributed by atoms with van der Waals surface area (Å²) in [6.07, 6.45) is 7.90. The van der Waals surface area contributed by atoms with Crippen molar-refractivity contribution in [1.29, 1.82) is 0 Å². The molecule has 0 saturated heterocycles. The second kappa shape index (κ2) is 8.51. The van der Waals surface area contributed by atoms with E-state index in [9.17, 15) is 4.39 Å². The van der Waals surface area contributed by atoms with Gasteiger partial charge in [0.05, 0.1) is 10.8 Å². The molecule has 1 fully saturated rings. The monoisotopic (exact) mass is 353 g/mol. The van der Waals surface area contributed by atoms with Gasteiger partial charge in [-0.25, -0.2) is 4.39 Å². The molecule has 3 rings (SSSR count). The quantitative estimate of drug-likeness (QED) is 0.417. The molecule has 0 unspecified atom stereocenters. The van der Waals surface area contributed by atoms with Crippen molar-refractivity contribution < 1.29 is 4.39 Å². The number of hydrogen-bond acceptors (Lipinski definition) is 2. The number of hydrogen-bond donors (Lipinski definition) is 0. The first-order valence-corrected chi connectivity index (χ1v) is 9.53. The largest absolute Gasteiger partial charge is 0.206 e. The van der Waals surface area contributed by atoms with E-state index in [0.29, 0.717) is 11.3 Å². The van der Waals surface area contributed by atoms with Crippen LogP contribution in [0.15, 0.2) is 47.5 Å². The number of aliphatic imine (C=N–C) groups is 1. The summed E-state index contributed by atoms with van der Waals surface area (Å²) in [5.74, 6) is 1.50. The minimum absolute atomic E-state index is 0.282. The average molecular weight is 354 g/mol. The van der Waals surface area contributed by atoms with Crippen molar-refractivity contribution in [2.24, 2.45) is 16.8 Å². The maximum atomic E-state index is 14.3. The zero-order chi connectivity index (χ0) is 17.6. The van der Waals surface area contributed by atoms with E-state index in [1.807, 2.05) is 12.1 Å². The molecule has 3 heteroatoms. The van der Waals surface area contributed by atoms with Gasteiger partial charge in [0, 0.05) is 11.6 Å². The highest BCUT2D eigenvalue weighted by Gasteiger charge is 2.17. The molecule has 1 aliphatic carbocycles. The van der Waals surface area contributed by atoms with Gasteiger partial charge in [0.1, 0.15) is 5.82 Å². The Balaban J connectivity index is 1.63. The Kier molecular flexibility index (Phi) is 6.12. The predicted molar refractivity (Wildman–Crippen MR) is 106 cm³/mol. The van der Waals surface area contributed by atoms with E-state index < -0.39 is 0 Å². The van der Waals surface area contributed by atoms with Crippen molar-refractivity contribution >= 4 is 23.1 Å². The lowest BCUT2D eigenvalue weighted by atomic mass is 9.80. The summed E-state index contributed by atoms with van der Waals surface area (Å²) in [6.45, 7) is 2.36. The van der Waals surface area contributed by atoms with E-state index >= 15 is 0 Å². The molecule has 1 saturated carbocycles. The van der Waals surface area contributed by atoms with Crippen LogP contribution in [0.25, 0.3) is 11.1 Å². The highest BCUT2D eigenvalue weighted by Crippen LogP contribution is 2.32. The van der Waals surface area contributed by atoms with Gasteiger partial charge in [-0.05, 0) is 60.2 Å². The van der Waals surface area contributed by atoms with Crippen LogP contribution in [0.2, 0.25) is 0 Å². The van der Waals surface area contributed by atoms with Gasteiger partial charge in [-0.2, -0.15) is 4.99 Å². The second-order valence-corrected chi connectivity index (χ2v) is 7.41. The predicted octanol–water partition coefficient (Wildman–Crippen LogP) is 6.99. The molecule has 25 heavy (non-hydrogen) atoms. The van der Waals surface area contributed by atoms with Crippen LogP contribution >= 0.6 is 12.2 Å². The molecule has 0 atom stereocenters. The average Bonchev–Trinajstić information content (AvgIpc) is 2.62. The molecule has 130 valence electrons. The Morgan fingerprint density at radius 2 is 1.80 bits per heavy atom. The smallest absolute Gasteiger partial charge is 0.133 e. The highest BCUT2D eigenvalue weighted by molar-refractivity contribution is 7.78. The number of halogens is 1. The van der Waals surface area contributed by atoms with Gasteiger partial charge < -0.3 is 0 Å². The molecular formula is C22H24FNS. The third-order valence-corrected chi connectivity index (χ3v) is 5.46. The Morgan fingerprint density at radius 1 is 1.08 bits per heavy atom. The maximum absolute atomic E-state index is 14.3. The van der Waals surface area contributed by atoms with Gasteiger partial charge in [-0.1, -0.05) is 56.9 Å². The second-order valence-electron chi connectivity index (χ2n) is 7.23. The van der Waals surface area contributed by atoms with E-state index in [1.165, 1.54) is 43.7 Å². The SMILES string of the molecule is CC1CCC(CCc2ccc(-c3ccc(N=C=S)cc3F)cc2)CC1. The summed E-state index contributed by atoms with van der Waals surface area (Å²) in [5, 5.41) is 2.26. The van der Waals surface area contributed by atoms with Crippen molar-refractivity contribution in [2.45, 2.75) is 45.4 Å². The molecule has 0 N–H and O–H groups in total. The van der Waals surface area contributed by atoms with Crippen LogP contribution in [0.5, 0.6) is 0 Å². The van der Waals surface area contributed by atoms with E-state index in [-0.39, 0.29) is 5.82 Å². The fourth-order valence-corrected chi connectivity index (χ4v) is 3.81. The summed E-state index contributed by atoms with van der Waals surface area (Å²) in [4.78, 5) is 3.81. The number of nitrogens with zero attached hydrogens (tertiary/aromatic N) is 1. The summed E-state index contributed by atoms with van der Waals surface area (Å²) in [7, 11) is 0. The van der Waals surface area contributed by atoms with Crippen LogP contribution in [0.3, 0.4) is 0 Å². The van der Waals surface area contributed by atoms with Crippen molar-refractivity contribution in [3.05, 3.63) is 53.8 Å². The van der Waals surface area contributed by atoms with Crippen molar-refractivity contribution in [1.82, 2.24) is 0 Å². The standard InChI is InChI=1S/C22H24FNS/c1-16-2-4-17(5-3-16)6-7-18-8-10-19(11-9-18)21-13-12-20(24-15-25)14-22(21)23/h8-14,16-17H,2-7H2,1H3. The van der Waals surface area contributed by atoms with Gasteiger partial charge in [0.2, 0.25) is 0 Å². The van der Waals surface area contributed by atoms with Gasteiger partial charge in [0.25, 0.3) is 0 Å². The van der Waals surface area contributed by atoms with Crippen LogP contribution in [-0.2, 0) is 6.42 Å². The van der Waals surface area contributed by atoms with E-state index in [0.717, 1.165) is 23.8 Å². The first kappa shape index (κ1) is 18.0. The zero-order valence-electron chi connectivity index (χ0n) is 14.7. The van der Waals surface area contributed by atoms with E-state index in [4.69, 9.17) is 0 Å². The number of aryl methyl sites for hydroxylation is 1. The Hall–Kier alpha value is -1.83. The third-order valence-electron chi connectivity index (χ3n) is 5.37. The molecule has 0 amide bonds. The van der Waals surface area contributed by atoms with Crippen LogP contribution in [0, 0.1) is 17.7 Å². The number of benzene rings is 2. The van der Waals surface area contributed by atoms with E-state index in [1.54, 1.807) is 12.1 Å². The number of rotatable bonds is 5. The normalized spacial score (nSPS) is 20.1. The fourth-order valence-electron chi connectivity index (χ4n) is 3.70. The lowest BCUT2D eigenvalue weighted by Crippen LogP contribution is -2.12. The topological polar surface area (TPSA) is 12.4 Å². The lowest BCUT2D eigenvalue weighted by molar-refractivity contribution is 0.278. The molecule has 0 radical (unpaired) electrons. The summed E-state index contributed by atoms with van der Waals surface area (Å²) in [5.41, 5.74) is 3.32. The minimum atomic E-state index is -0.282. The molecular weight excluding hydrogens is 329 g/mol. The van der Waals surface area contributed by atoms with E-state index in [2.05, 4.69) is 41.4 Å². The maximum Gasteiger partial charge on any atom is 0.133 e. The first-order valence-electron chi connectivity index (χ1n) is 9.12. The lowest BCUT2D eigenvalue weighted by Gasteiger charge is -2.26. The Labute approximate surface area is 155 Å². The third kappa shape index (κ3) is 4.84. The Morgan fingerprint density at radius 3 is 2.44 bits per heavy atom. The zero-order valence-corrected chi connectivity index (χ0v) is 15.5. The minimum Gasteiger partial charge on any atom is -0.206 e. The highest BCUT2D eigenvalue weighted by atomic mass is 32.1. The summed E-state index contributed by atoms with van der Waals surface area (Å²) >= 11 is 4.56. The summed E-state index contributed by atoms with van der Waals surface area (Å²) < 4.78 is 14.3. The number of isothiocyanates is 1. The van der Waals surface area contributed by atoms with Crippen molar-refractivity contribution in [3.63, 3.8) is 0 Å². The number of thiocarbonyl (C=S) groups is 1. The molecule has 1 nitrogen and oxygen atoms in total. The fraction of sp³-hybridized carbons (Fsp3) is 0.409. The molecule has 0 bridgehead atoms. The van der Waals surface area contributed by atoms with Crippen LogP contribution in [0.4, 0.5) is 10.1 Å². The van der Waals surface area contributed by atoms with Gasteiger partial charge in [0.15, 0.2) is 0 Å². The molecule has 1 aliphatic rings. The molecule has 0 spiro atoms. The molecule has 0 aromatic heterocycles. The van der Waals surface area contributed by atoms with Gasteiger partial charge in [-0.15, -0.1) is 0 Å². The van der Waals surface area contributed by atoms with Gasteiger partial charge >= 0.3 is 0 Å². The van der Waals surface area contributed by atoms with Crippen molar-refractivity contribution in [2.75, 3.05) is 0 Å². The molecule has 0 heterocycles. The Bertz CT molecular complexity index is 754.